The van der Waals surface area contributed by atoms with Gasteiger partial charge in [0.15, 0.2) is 6.29 Å². The average molecular weight is 323 g/mol. The minimum absolute atomic E-state index is 0.113. The molecule has 0 rings (SSSR count). The van der Waals surface area contributed by atoms with Crippen LogP contribution in [0.15, 0.2) is 0 Å². The number of nitrogens with one attached hydrogen (secondary N) is 1. The number of aliphatic hydroxyl groups is 1. The van der Waals surface area contributed by atoms with Crippen LogP contribution < -0.4 is 5.32 Å². The zero-order valence-corrected chi connectivity index (χ0v) is 14.5. The van der Waals surface area contributed by atoms with Crippen LogP contribution in [0.3, 0.4) is 0 Å². The first-order valence-electron chi connectivity index (χ1n) is 8.25. The van der Waals surface area contributed by atoms with Gasteiger partial charge in [-0.1, -0.05) is 58.3 Å². The van der Waals surface area contributed by atoms with E-state index in [9.17, 15) is 13.5 Å². The molecule has 2 N–H and O–H groups in total. The van der Waals surface area contributed by atoms with Gasteiger partial charge in [0.05, 0.1) is 5.75 Å². The molecule has 0 aromatic heterocycles. The van der Waals surface area contributed by atoms with Gasteiger partial charge >= 0.3 is 0 Å². The Labute approximate surface area is 130 Å². The topological polar surface area (TPSA) is 75.6 Å². The molecule has 0 aliphatic heterocycles. The highest BCUT2D eigenvalue weighted by Crippen LogP contribution is 2.12. The molecule has 0 aromatic carbocycles. The van der Waals surface area contributed by atoms with Crippen LogP contribution in [-0.4, -0.2) is 39.2 Å². The lowest BCUT2D eigenvalue weighted by Gasteiger charge is -2.11. The van der Waals surface area contributed by atoms with Crippen molar-refractivity contribution < 1.29 is 17.7 Å². The van der Waals surface area contributed by atoms with Gasteiger partial charge in [-0.25, -0.2) is 4.18 Å². The van der Waals surface area contributed by atoms with Crippen molar-refractivity contribution in [3.63, 3.8) is 0 Å². The minimum Gasteiger partial charge on any atom is -0.367 e. The molecule has 0 fully saturated rings. The lowest BCUT2D eigenvalue weighted by Crippen LogP contribution is -2.25. The molecule has 0 spiro atoms. The molecule has 1 atom stereocenters. The van der Waals surface area contributed by atoms with Crippen molar-refractivity contribution in [3.8, 4) is 0 Å². The van der Waals surface area contributed by atoms with Gasteiger partial charge in [-0.05, 0) is 19.9 Å². The number of rotatable bonds is 15. The first-order valence-corrected chi connectivity index (χ1v) is 9.83. The van der Waals surface area contributed by atoms with Gasteiger partial charge in [-0.2, -0.15) is 8.42 Å². The third kappa shape index (κ3) is 14.5. The van der Waals surface area contributed by atoms with Crippen molar-refractivity contribution in [1.29, 1.82) is 0 Å². The van der Waals surface area contributed by atoms with E-state index in [2.05, 4.69) is 12.2 Å². The maximum absolute atomic E-state index is 11.4. The Bertz CT molecular complexity index is 320. The SMILES string of the molecule is CCCCCCCCCCCC(O)OS(=O)(=O)CCNC. The van der Waals surface area contributed by atoms with Gasteiger partial charge in [0.25, 0.3) is 10.1 Å². The quantitative estimate of drug-likeness (QED) is 0.275. The zero-order chi connectivity index (χ0) is 16.0. The fourth-order valence-corrected chi connectivity index (χ4v) is 3.11. The molecule has 0 aromatic rings. The highest BCUT2D eigenvalue weighted by atomic mass is 32.2. The first-order chi connectivity index (χ1) is 10.0. The summed E-state index contributed by atoms with van der Waals surface area (Å²) in [5.74, 6) is -0.113. The Morgan fingerprint density at radius 1 is 1.00 bits per heavy atom. The predicted molar refractivity (Wildman–Crippen MR) is 86.6 cm³/mol. The lowest BCUT2D eigenvalue weighted by molar-refractivity contribution is -0.0192. The zero-order valence-electron chi connectivity index (χ0n) is 13.6. The van der Waals surface area contributed by atoms with E-state index in [0.717, 1.165) is 19.3 Å². The Morgan fingerprint density at radius 2 is 1.52 bits per heavy atom. The van der Waals surface area contributed by atoms with Gasteiger partial charge in [-0.3, -0.25) is 0 Å². The molecule has 0 heterocycles. The van der Waals surface area contributed by atoms with Crippen molar-refractivity contribution in [1.82, 2.24) is 5.32 Å². The Hall–Kier alpha value is -0.170. The second kappa shape index (κ2) is 13.5. The molecular weight excluding hydrogens is 290 g/mol. The lowest BCUT2D eigenvalue weighted by atomic mass is 10.1. The summed E-state index contributed by atoms with van der Waals surface area (Å²) < 4.78 is 27.6. The Morgan fingerprint density at radius 3 is 2.05 bits per heavy atom. The van der Waals surface area contributed by atoms with Crippen LogP contribution >= 0.6 is 0 Å². The fraction of sp³-hybridized carbons (Fsp3) is 1.00. The summed E-state index contributed by atoms with van der Waals surface area (Å²) in [5.41, 5.74) is 0. The van der Waals surface area contributed by atoms with E-state index in [0.29, 0.717) is 13.0 Å². The van der Waals surface area contributed by atoms with Crippen LogP contribution in [0.2, 0.25) is 0 Å². The molecule has 0 saturated heterocycles. The highest BCUT2D eigenvalue weighted by molar-refractivity contribution is 7.86. The van der Waals surface area contributed by atoms with Crippen LogP contribution in [0.1, 0.15) is 71.1 Å². The van der Waals surface area contributed by atoms with Crippen LogP contribution in [0.25, 0.3) is 0 Å². The summed E-state index contributed by atoms with van der Waals surface area (Å²) in [6.07, 6.45) is 9.88. The van der Waals surface area contributed by atoms with E-state index in [1.807, 2.05) is 0 Å². The maximum Gasteiger partial charge on any atom is 0.271 e. The van der Waals surface area contributed by atoms with Gasteiger partial charge in [0.1, 0.15) is 0 Å². The third-order valence-electron chi connectivity index (χ3n) is 3.41. The minimum atomic E-state index is -3.62. The number of hydrogen-bond acceptors (Lipinski definition) is 5. The van der Waals surface area contributed by atoms with Crippen LogP contribution in [0.4, 0.5) is 0 Å². The van der Waals surface area contributed by atoms with E-state index in [4.69, 9.17) is 4.18 Å². The van der Waals surface area contributed by atoms with Crippen molar-refractivity contribution in [2.45, 2.75) is 77.4 Å². The van der Waals surface area contributed by atoms with Crippen molar-refractivity contribution >= 4 is 10.1 Å². The second-order valence-electron chi connectivity index (χ2n) is 5.53. The second-order valence-corrected chi connectivity index (χ2v) is 7.25. The van der Waals surface area contributed by atoms with Crippen molar-refractivity contribution in [2.75, 3.05) is 19.3 Å². The van der Waals surface area contributed by atoms with Gasteiger partial charge in [-0.15, -0.1) is 0 Å². The molecule has 1 unspecified atom stereocenters. The van der Waals surface area contributed by atoms with E-state index in [1.54, 1.807) is 7.05 Å². The largest absolute Gasteiger partial charge is 0.367 e. The molecule has 0 bridgehead atoms. The van der Waals surface area contributed by atoms with Crippen LogP contribution in [-0.2, 0) is 14.3 Å². The van der Waals surface area contributed by atoms with Crippen LogP contribution in [0, 0.1) is 0 Å². The van der Waals surface area contributed by atoms with E-state index in [-0.39, 0.29) is 5.75 Å². The molecule has 0 aliphatic carbocycles. The summed E-state index contributed by atoms with van der Waals surface area (Å²) in [7, 11) is -1.94. The first kappa shape index (κ1) is 20.8. The summed E-state index contributed by atoms with van der Waals surface area (Å²) in [6, 6.07) is 0. The smallest absolute Gasteiger partial charge is 0.271 e. The summed E-state index contributed by atoms with van der Waals surface area (Å²) in [5, 5.41) is 12.3. The van der Waals surface area contributed by atoms with Crippen LogP contribution in [0.5, 0.6) is 0 Å². The molecular formula is C15H33NO4S. The van der Waals surface area contributed by atoms with Crippen molar-refractivity contribution in [3.05, 3.63) is 0 Å². The van der Waals surface area contributed by atoms with Gasteiger partial charge in [0, 0.05) is 6.54 Å². The highest BCUT2D eigenvalue weighted by Gasteiger charge is 2.16. The van der Waals surface area contributed by atoms with E-state index >= 15 is 0 Å². The fourth-order valence-electron chi connectivity index (χ4n) is 2.12. The molecule has 0 amide bonds. The Kier molecular flexibility index (Phi) is 13.4. The Balaban J connectivity index is 3.47. The predicted octanol–water partition coefficient (Wildman–Crippen LogP) is 2.79. The summed E-state index contributed by atoms with van der Waals surface area (Å²) in [6.45, 7) is 2.54. The molecule has 0 aliphatic rings. The number of unbranched alkanes of at least 4 members (excludes halogenated alkanes) is 8. The van der Waals surface area contributed by atoms with E-state index < -0.39 is 16.4 Å². The average Bonchev–Trinajstić information content (AvgIpc) is 2.43. The molecule has 128 valence electrons. The van der Waals surface area contributed by atoms with Crippen molar-refractivity contribution in [2.24, 2.45) is 0 Å². The number of aliphatic hydroxyl groups excluding tert-OH is 1. The van der Waals surface area contributed by atoms with Gasteiger partial charge < -0.3 is 10.4 Å². The molecule has 6 heteroatoms. The summed E-state index contributed by atoms with van der Waals surface area (Å²) in [4.78, 5) is 0. The molecule has 0 saturated carbocycles. The molecule has 5 nitrogen and oxygen atoms in total. The maximum atomic E-state index is 11.4. The van der Waals surface area contributed by atoms with Gasteiger partial charge in [0.2, 0.25) is 0 Å². The standard InChI is InChI=1S/C15H33NO4S/c1-3-4-5-6-7-8-9-10-11-12-15(17)20-21(18,19)14-13-16-2/h15-17H,3-14H2,1-2H3. The normalized spacial score (nSPS) is 13.5. The van der Waals surface area contributed by atoms with E-state index in [1.165, 1.54) is 38.5 Å². The number of hydrogen-bond donors (Lipinski definition) is 2. The molecule has 0 radical (unpaired) electrons. The monoisotopic (exact) mass is 323 g/mol. The summed E-state index contributed by atoms with van der Waals surface area (Å²) >= 11 is 0. The third-order valence-corrected chi connectivity index (χ3v) is 4.63. The molecule has 21 heavy (non-hydrogen) atoms.